The van der Waals surface area contributed by atoms with Crippen molar-refractivity contribution < 1.29 is 0 Å². The molecule has 0 unspecified atom stereocenters. The van der Waals surface area contributed by atoms with Crippen LogP contribution in [-0.4, -0.2) is 47.1 Å². The first-order valence-corrected chi connectivity index (χ1v) is 6.13. The van der Waals surface area contributed by atoms with Gasteiger partial charge in [-0.15, -0.1) is 0 Å². The highest BCUT2D eigenvalue weighted by Crippen LogP contribution is 2.18. The van der Waals surface area contributed by atoms with Crippen molar-refractivity contribution in [2.45, 2.75) is 19.3 Å². The van der Waals surface area contributed by atoms with Crippen LogP contribution in [0.1, 0.15) is 19.3 Å². The fraction of sp³-hybridized carbons (Fsp3) is 0.700. The highest BCUT2D eigenvalue weighted by atomic mass is 35.5. The molecule has 6 nitrogen and oxygen atoms in total. The van der Waals surface area contributed by atoms with E-state index in [4.69, 9.17) is 11.6 Å². The number of hydrogen-bond acceptors (Lipinski definition) is 6. The van der Waals surface area contributed by atoms with E-state index >= 15 is 0 Å². The number of anilines is 2. The topological polar surface area (TPSA) is 57.2 Å². The van der Waals surface area contributed by atoms with Gasteiger partial charge in [0.1, 0.15) is 0 Å². The molecule has 0 aliphatic carbocycles. The minimum atomic E-state index is 0.227. The Morgan fingerprint density at radius 1 is 1.12 bits per heavy atom. The van der Waals surface area contributed by atoms with Crippen LogP contribution < -0.4 is 10.3 Å². The Bertz CT molecular complexity index is 377. The Morgan fingerprint density at radius 2 is 1.82 bits per heavy atom. The van der Waals surface area contributed by atoms with Crippen molar-refractivity contribution in [3.63, 3.8) is 0 Å². The van der Waals surface area contributed by atoms with Gasteiger partial charge >= 0.3 is 0 Å². The monoisotopic (exact) mass is 256 g/mol. The van der Waals surface area contributed by atoms with Gasteiger partial charge < -0.3 is 4.90 Å². The molecule has 0 amide bonds. The van der Waals surface area contributed by atoms with Crippen molar-refractivity contribution in [3.05, 3.63) is 5.28 Å². The van der Waals surface area contributed by atoms with Crippen molar-refractivity contribution in [1.29, 1.82) is 0 Å². The number of piperidine rings is 1. The van der Waals surface area contributed by atoms with Crippen LogP contribution in [0.4, 0.5) is 11.9 Å². The SMILES string of the molecule is CN(C)Nc1nc(Cl)nc(N2CCCCC2)n1. The molecule has 1 aliphatic heterocycles. The predicted octanol–water partition coefficient (Wildman–Crippen LogP) is 1.40. The lowest BCUT2D eigenvalue weighted by atomic mass is 10.1. The van der Waals surface area contributed by atoms with Gasteiger partial charge in [0.2, 0.25) is 17.2 Å². The highest BCUT2D eigenvalue weighted by Gasteiger charge is 2.15. The number of hydrazine groups is 1. The van der Waals surface area contributed by atoms with Gasteiger partial charge in [0.25, 0.3) is 0 Å². The van der Waals surface area contributed by atoms with Crippen LogP contribution in [0.25, 0.3) is 0 Å². The van der Waals surface area contributed by atoms with Crippen molar-refractivity contribution in [2.75, 3.05) is 37.5 Å². The van der Waals surface area contributed by atoms with E-state index in [-0.39, 0.29) is 5.28 Å². The first-order chi connectivity index (χ1) is 8.15. The van der Waals surface area contributed by atoms with Crippen molar-refractivity contribution >= 4 is 23.5 Å². The van der Waals surface area contributed by atoms with Crippen LogP contribution in [0.15, 0.2) is 0 Å². The molecule has 1 saturated heterocycles. The Labute approximate surface area is 106 Å². The molecular weight excluding hydrogens is 240 g/mol. The molecule has 2 rings (SSSR count). The number of halogens is 1. The molecule has 1 aromatic rings. The van der Waals surface area contributed by atoms with Gasteiger partial charge in [0.05, 0.1) is 0 Å². The summed E-state index contributed by atoms with van der Waals surface area (Å²) >= 11 is 5.91. The van der Waals surface area contributed by atoms with E-state index in [9.17, 15) is 0 Å². The third-order valence-electron chi connectivity index (χ3n) is 2.56. The minimum absolute atomic E-state index is 0.227. The second-order valence-electron chi connectivity index (χ2n) is 4.28. The molecule has 1 N–H and O–H groups in total. The molecular formula is C10H17ClN6. The number of nitrogens with zero attached hydrogens (tertiary/aromatic N) is 5. The molecule has 1 aliphatic rings. The van der Waals surface area contributed by atoms with E-state index < -0.39 is 0 Å². The van der Waals surface area contributed by atoms with E-state index in [1.54, 1.807) is 5.01 Å². The van der Waals surface area contributed by atoms with E-state index in [0.29, 0.717) is 11.9 Å². The average molecular weight is 257 g/mol. The lowest BCUT2D eigenvalue weighted by Crippen LogP contribution is -2.32. The van der Waals surface area contributed by atoms with Crippen LogP contribution in [0.5, 0.6) is 0 Å². The maximum Gasteiger partial charge on any atom is 0.243 e. The summed E-state index contributed by atoms with van der Waals surface area (Å²) in [6.45, 7) is 1.98. The zero-order valence-electron chi connectivity index (χ0n) is 10.1. The van der Waals surface area contributed by atoms with E-state index in [1.807, 2.05) is 14.1 Å². The molecule has 0 radical (unpaired) electrons. The summed E-state index contributed by atoms with van der Waals surface area (Å²) < 4.78 is 0. The first-order valence-electron chi connectivity index (χ1n) is 5.75. The summed E-state index contributed by atoms with van der Waals surface area (Å²) in [4.78, 5) is 14.7. The third-order valence-corrected chi connectivity index (χ3v) is 2.73. The quantitative estimate of drug-likeness (QED) is 0.826. The normalized spacial score (nSPS) is 16.4. The summed E-state index contributed by atoms with van der Waals surface area (Å²) in [7, 11) is 3.75. The van der Waals surface area contributed by atoms with Gasteiger partial charge in [-0.1, -0.05) is 0 Å². The minimum Gasteiger partial charge on any atom is -0.341 e. The lowest BCUT2D eigenvalue weighted by molar-refractivity contribution is 0.487. The second-order valence-corrected chi connectivity index (χ2v) is 4.62. The Kier molecular flexibility index (Phi) is 3.96. The van der Waals surface area contributed by atoms with Gasteiger partial charge in [0, 0.05) is 27.2 Å². The van der Waals surface area contributed by atoms with Gasteiger partial charge in [-0.3, -0.25) is 5.43 Å². The Hall–Kier alpha value is -1.14. The van der Waals surface area contributed by atoms with Crippen molar-refractivity contribution in [2.24, 2.45) is 0 Å². The zero-order valence-corrected chi connectivity index (χ0v) is 10.9. The molecule has 2 heterocycles. The smallest absolute Gasteiger partial charge is 0.243 e. The van der Waals surface area contributed by atoms with E-state index in [2.05, 4.69) is 25.3 Å². The van der Waals surface area contributed by atoms with Crippen LogP contribution in [0.2, 0.25) is 5.28 Å². The second kappa shape index (κ2) is 5.46. The number of rotatable bonds is 3. The van der Waals surface area contributed by atoms with Crippen LogP contribution in [0, 0.1) is 0 Å². The van der Waals surface area contributed by atoms with Gasteiger partial charge in [-0.2, -0.15) is 15.0 Å². The molecule has 94 valence electrons. The van der Waals surface area contributed by atoms with Gasteiger partial charge in [0.15, 0.2) is 0 Å². The van der Waals surface area contributed by atoms with Crippen LogP contribution >= 0.6 is 11.6 Å². The van der Waals surface area contributed by atoms with Crippen LogP contribution in [0.3, 0.4) is 0 Å². The first kappa shape index (κ1) is 12.3. The number of aromatic nitrogens is 3. The Balaban J connectivity index is 2.18. The highest BCUT2D eigenvalue weighted by molar-refractivity contribution is 6.28. The fourth-order valence-corrected chi connectivity index (χ4v) is 1.98. The molecule has 0 atom stereocenters. The maximum absolute atomic E-state index is 5.91. The van der Waals surface area contributed by atoms with E-state index in [1.165, 1.54) is 19.3 Å². The maximum atomic E-state index is 5.91. The molecule has 0 spiro atoms. The van der Waals surface area contributed by atoms with Crippen LogP contribution in [-0.2, 0) is 0 Å². The predicted molar refractivity (Wildman–Crippen MR) is 68.2 cm³/mol. The molecule has 1 fully saturated rings. The molecule has 0 saturated carbocycles. The molecule has 0 bridgehead atoms. The van der Waals surface area contributed by atoms with Gasteiger partial charge in [-0.25, -0.2) is 5.01 Å². The molecule has 1 aromatic heterocycles. The number of nitrogens with one attached hydrogen (secondary N) is 1. The molecule has 17 heavy (non-hydrogen) atoms. The van der Waals surface area contributed by atoms with Crippen molar-refractivity contribution in [3.8, 4) is 0 Å². The van der Waals surface area contributed by atoms with Gasteiger partial charge in [-0.05, 0) is 30.9 Å². The standard InChI is InChI=1S/C10H17ClN6/c1-16(2)15-9-12-8(11)13-10(14-9)17-6-4-3-5-7-17/h3-7H2,1-2H3,(H,12,13,14,15). The zero-order chi connectivity index (χ0) is 12.3. The fourth-order valence-electron chi connectivity index (χ4n) is 1.82. The largest absolute Gasteiger partial charge is 0.341 e. The summed E-state index contributed by atoms with van der Waals surface area (Å²) in [6, 6.07) is 0. The van der Waals surface area contributed by atoms with E-state index in [0.717, 1.165) is 13.1 Å². The number of hydrogen-bond donors (Lipinski definition) is 1. The molecule has 0 aromatic carbocycles. The summed E-state index contributed by atoms with van der Waals surface area (Å²) in [5.41, 5.74) is 2.99. The third kappa shape index (κ3) is 3.41. The van der Waals surface area contributed by atoms with Crippen molar-refractivity contribution in [1.82, 2.24) is 20.0 Å². The summed E-state index contributed by atoms with van der Waals surface area (Å²) in [5, 5.41) is 2.00. The lowest BCUT2D eigenvalue weighted by Gasteiger charge is -2.26. The summed E-state index contributed by atoms with van der Waals surface area (Å²) in [6.07, 6.45) is 3.64. The molecule has 7 heteroatoms. The Morgan fingerprint density at radius 3 is 2.47 bits per heavy atom. The summed E-state index contributed by atoms with van der Waals surface area (Å²) in [5.74, 6) is 1.14. The average Bonchev–Trinajstić information content (AvgIpc) is 2.28.